The molecule has 1 aliphatic rings. The summed E-state index contributed by atoms with van der Waals surface area (Å²) in [5.41, 5.74) is 4.88. The minimum Gasteiger partial charge on any atom is -0.361 e. The average molecular weight is 364 g/mol. The molecule has 1 aromatic carbocycles. The zero-order valence-electron chi connectivity index (χ0n) is 15.7. The highest BCUT2D eigenvalue weighted by Gasteiger charge is 2.30. The minimum atomic E-state index is 0.0140. The molecule has 3 heterocycles. The number of carbonyl (C=O) groups is 1. The van der Waals surface area contributed by atoms with E-state index in [9.17, 15) is 4.79 Å². The van der Waals surface area contributed by atoms with Crippen molar-refractivity contribution in [3.05, 3.63) is 70.4 Å². The third kappa shape index (κ3) is 3.52. The van der Waals surface area contributed by atoms with Crippen LogP contribution in [0.25, 0.3) is 0 Å². The Morgan fingerprint density at radius 3 is 2.85 bits per heavy atom. The largest absolute Gasteiger partial charge is 0.361 e. The highest BCUT2D eigenvalue weighted by Crippen LogP contribution is 2.30. The Morgan fingerprint density at radius 1 is 1.30 bits per heavy atom. The maximum Gasteiger partial charge on any atom is 0.259 e. The normalized spacial score (nSPS) is 17.3. The molecule has 0 radical (unpaired) electrons. The molecular weight excluding hydrogens is 340 g/mol. The molecule has 1 atom stereocenters. The van der Waals surface area contributed by atoms with Crippen LogP contribution in [0.2, 0.25) is 0 Å². The lowest BCUT2D eigenvalue weighted by Gasteiger charge is -2.32. The molecule has 0 saturated carbocycles. The van der Waals surface area contributed by atoms with Crippen LogP contribution in [0.4, 0.5) is 0 Å². The predicted octanol–water partition coefficient (Wildman–Crippen LogP) is 3.63. The van der Waals surface area contributed by atoms with Crippen molar-refractivity contribution in [2.75, 3.05) is 13.1 Å². The van der Waals surface area contributed by atoms with Crippen molar-refractivity contribution >= 4 is 5.91 Å². The van der Waals surface area contributed by atoms with Gasteiger partial charge in [0.15, 0.2) is 0 Å². The molecular formula is C21H24N4O2. The molecule has 0 unspecified atom stereocenters. The van der Waals surface area contributed by atoms with Gasteiger partial charge in [-0.15, -0.1) is 0 Å². The van der Waals surface area contributed by atoms with Crippen molar-refractivity contribution in [1.29, 1.82) is 0 Å². The number of hydrogen-bond donors (Lipinski definition) is 1. The van der Waals surface area contributed by atoms with Crippen LogP contribution < -0.4 is 0 Å². The van der Waals surface area contributed by atoms with E-state index >= 15 is 0 Å². The lowest BCUT2D eigenvalue weighted by Crippen LogP contribution is -2.39. The van der Waals surface area contributed by atoms with Crippen LogP contribution in [0.5, 0.6) is 0 Å². The number of piperidine rings is 1. The summed E-state index contributed by atoms with van der Waals surface area (Å²) >= 11 is 0. The Bertz CT molecular complexity index is 909. The second-order valence-corrected chi connectivity index (χ2v) is 7.26. The first-order valence-corrected chi connectivity index (χ1v) is 9.41. The molecule has 140 valence electrons. The molecule has 1 saturated heterocycles. The van der Waals surface area contributed by atoms with Gasteiger partial charge in [-0.05, 0) is 37.8 Å². The number of rotatable bonds is 4. The number of aromatic nitrogens is 3. The van der Waals surface area contributed by atoms with E-state index in [1.165, 1.54) is 11.1 Å². The fraction of sp³-hybridized carbons (Fsp3) is 0.381. The van der Waals surface area contributed by atoms with E-state index in [-0.39, 0.29) is 11.8 Å². The SMILES string of the molecule is Cc1noc(C)c1C(=O)N1CCC[C@@H](c2[nH]ncc2Cc2ccccc2)C1. The molecule has 1 amide bonds. The highest BCUT2D eigenvalue weighted by atomic mass is 16.5. The van der Waals surface area contributed by atoms with Gasteiger partial charge in [-0.3, -0.25) is 9.89 Å². The van der Waals surface area contributed by atoms with Crippen molar-refractivity contribution in [3.63, 3.8) is 0 Å². The number of benzene rings is 1. The topological polar surface area (TPSA) is 75.0 Å². The Kier molecular flexibility index (Phi) is 4.79. The van der Waals surface area contributed by atoms with E-state index in [0.29, 0.717) is 23.6 Å². The first kappa shape index (κ1) is 17.5. The lowest BCUT2D eigenvalue weighted by atomic mass is 9.90. The fourth-order valence-electron chi connectivity index (χ4n) is 3.97. The third-order valence-electron chi connectivity index (χ3n) is 5.35. The molecule has 6 heteroatoms. The summed E-state index contributed by atoms with van der Waals surface area (Å²) in [6.07, 6.45) is 4.79. The van der Waals surface area contributed by atoms with Gasteiger partial charge in [0.1, 0.15) is 11.3 Å². The molecule has 1 aliphatic heterocycles. The summed E-state index contributed by atoms with van der Waals surface area (Å²) in [7, 11) is 0. The highest BCUT2D eigenvalue weighted by molar-refractivity contribution is 5.96. The van der Waals surface area contributed by atoms with Gasteiger partial charge < -0.3 is 9.42 Å². The van der Waals surface area contributed by atoms with Crippen LogP contribution in [0, 0.1) is 13.8 Å². The molecule has 1 N–H and O–H groups in total. The number of nitrogens with zero attached hydrogens (tertiary/aromatic N) is 3. The predicted molar refractivity (Wildman–Crippen MR) is 102 cm³/mol. The van der Waals surface area contributed by atoms with Crippen LogP contribution in [-0.4, -0.2) is 39.3 Å². The minimum absolute atomic E-state index is 0.0140. The van der Waals surface area contributed by atoms with Gasteiger partial charge in [0.25, 0.3) is 5.91 Å². The molecule has 27 heavy (non-hydrogen) atoms. The number of hydrogen-bond acceptors (Lipinski definition) is 4. The third-order valence-corrected chi connectivity index (χ3v) is 5.35. The molecule has 1 fully saturated rings. The number of carbonyl (C=O) groups excluding carboxylic acids is 1. The standard InChI is InChI=1S/C21H24N4O2/c1-14-19(15(2)27-24-14)21(26)25-10-6-9-17(13-25)20-18(12-22-23-20)11-16-7-4-3-5-8-16/h3-5,7-8,12,17H,6,9-11,13H2,1-2H3,(H,22,23)/t17-/m1/s1. The number of nitrogens with one attached hydrogen (secondary N) is 1. The lowest BCUT2D eigenvalue weighted by molar-refractivity contribution is 0.0703. The van der Waals surface area contributed by atoms with Crippen molar-refractivity contribution in [3.8, 4) is 0 Å². The molecule has 0 aliphatic carbocycles. The zero-order chi connectivity index (χ0) is 18.8. The van der Waals surface area contributed by atoms with E-state index < -0.39 is 0 Å². The van der Waals surface area contributed by atoms with Gasteiger partial charge in [-0.25, -0.2) is 0 Å². The molecule has 6 nitrogen and oxygen atoms in total. The zero-order valence-corrected chi connectivity index (χ0v) is 15.7. The van der Waals surface area contributed by atoms with Gasteiger partial charge in [0.2, 0.25) is 0 Å². The quantitative estimate of drug-likeness (QED) is 0.767. The molecule has 0 bridgehead atoms. The number of H-pyrrole nitrogens is 1. The second kappa shape index (κ2) is 7.39. The van der Waals surface area contributed by atoms with Crippen LogP contribution >= 0.6 is 0 Å². The number of aromatic amines is 1. The molecule has 2 aromatic heterocycles. The van der Waals surface area contributed by atoms with Crippen LogP contribution in [0.1, 0.15) is 57.4 Å². The molecule has 4 rings (SSSR count). The summed E-state index contributed by atoms with van der Waals surface area (Å²) in [5.74, 6) is 0.871. The maximum atomic E-state index is 13.0. The fourth-order valence-corrected chi connectivity index (χ4v) is 3.97. The summed E-state index contributed by atoms with van der Waals surface area (Å²) < 4.78 is 5.18. The Labute approximate surface area is 158 Å². The van der Waals surface area contributed by atoms with Gasteiger partial charge in [0.05, 0.1) is 11.9 Å². The Morgan fingerprint density at radius 2 is 2.11 bits per heavy atom. The van der Waals surface area contributed by atoms with E-state index in [4.69, 9.17) is 4.52 Å². The van der Waals surface area contributed by atoms with Crippen LogP contribution in [0.15, 0.2) is 41.1 Å². The van der Waals surface area contributed by atoms with E-state index in [0.717, 1.165) is 31.5 Å². The smallest absolute Gasteiger partial charge is 0.259 e. The second-order valence-electron chi connectivity index (χ2n) is 7.26. The van der Waals surface area contributed by atoms with E-state index in [1.54, 1.807) is 6.92 Å². The summed E-state index contributed by atoms with van der Waals surface area (Å²) in [6.45, 7) is 5.06. The van der Waals surface area contributed by atoms with E-state index in [2.05, 4.69) is 39.6 Å². The maximum absolute atomic E-state index is 13.0. The average Bonchev–Trinajstić information content (AvgIpc) is 3.28. The van der Waals surface area contributed by atoms with Gasteiger partial charge >= 0.3 is 0 Å². The molecule has 3 aromatic rings. The summed E-state index contributed by atoms with van der Waals surface area (Å²) in [4.78, 5) is 14.9. The number of aryl methyl sites for hydroxylation is 2. The van der Waals surface area contributed by atoms with Crippen LogP contribution in [-0.2, 0) is 6.42 Å². The van der Waals surface area contributed by atoms with Gasteiger partial charge in [-0.1, -0.05) is 35.5 Å². The molecule has 0 spiro atoms. The Hall–Kier alpha value is -2.89. The summed E-state index contributed by atoms with van der Waals surface area (Å²) in [5, 5.41) is 11.4. The monoisotopic (exact) mass is 364 g/mol. The van der Waals surface area contributed by atoms with Crippen molar-refractivity contribution in [2.45, 2.75) is 39.0 Å². The number of likely N-dealkylation sites (tertiary alicyclic amines) is 1. The van der Waals surface area contributed by atoms with E-state index in [1.807, 2.05) is 24.1 Å². The number of amides is 1. The first-order chi connectivity index (χ1) is 13.1. The van der Waals surface area contributed by atoms with Crippen LogP contribution in [0.3, 0.4) is 0 Å². The summed E-state index contributed by atoms with van der Waals surface area (Å²) in [6, 6.07) is 10.4. The Balaban J connectivity index is 1.52. The van der Waals surface area contributed by atoms with Gasteiger partial charge in [0, 0.05) is 31.1 Å². The first-order valence-electron chi connectivity index (χ1n) is 9.41. The van der Waals surface area contributed by atoms with Crippen molar-refractivity contribution in [1.82, 2.24) is 20.3 Å². The van der Waals surface area contributed by atoms with Crippen molar-refractivity contribution in [2.24, 2.45) is 0 Å². The van der Waals surface area contributed by atoms with Crippen molar-refractivity contribution < 1.29 is 9.32 Å². The van der Waals surface area contributed by atoms with Gasteiger partial charge in [-0.2, -0.15) is 5.10 Å².